The van der Waals surface area contributed by atoms with Crippen LogP contribution >= 0.6 is 0 Å². The van der Waals surface area contributed by atoms with Crippen molar-refractivity contribution in [1.29, 1.82) is 0 Å². The molecule has 0 saturated carbocycles. The summed E-state index contributed by atoms with van der Waals surface area (Å²) in [5, 5.41) is 9.31. The predicted octanol–water partition coefficient (Wildman–Crippen LogP) is 2.89. The van der Waals surface area contributed by atoms with E-state index in [4.69, 9.17) is 19.3 Å². The second kappa shape index (κ2) is 10.1. The number of hydrogen-bond acceptors (Lipinski definition) is 7. The van der Waals surface area contributed by atoms with Gasteiger partial charge in [-0.1, -0.05) is 0 Å². The predicted molar refractivity (Wildman–Crippen MR) is 139 cm³/mol. The van der Waals surface area contributed by atoms with Crippen LogP contribution in [0.2, 0.25) is 0 Å². The van der Waals surface area contributed by atoms with Crippen molar-refractivity contribution < 1.29 is 19.0 Å². The highest BCUT2D eigenvalue weighted by Gasteiger charge is 2.30. The Bertz CT molecular complexity index is 1210. The smallest absolute Gasteiger partial charge is 0.410 e. The molecule has 1 aromatic carbocycles. The van der Waals surface area contributed by atoms with Crippen molar-refractivity contribution in [1.82, 2.24) is 19.7 Å². The van der Waals surface area contributed by atoms with Crippen molar-refractivity contribution in [3.05, 3.63) is 36.0 Å². The summed E-state index contributed by atoms with van der Waals surface area (Å²) >= 11 is 0. The molecule has 0 bridgehead atoms. The van der Waals surface area contributed by atoms with Gasteiger partial charge in [0.15, 0.2) is 7.85 Å². The average Bonchev–Trinajstić information content (AvgIpc) is 3.18. The zero-order valence-corrected chi connectivity index (χ0v) is 21.4. The molecule has 35 heavy (non-hydrogen) atoms. The fourth-order valence-corrected chi connectivity index (χ4v) is 4.50. The molecule has 2 aromatic heterocycles. The molecule has 1 amide bonds. The van der Waals surface area contributed by atoms with Crippen LogP contribution in [0.15, 0.2) is 30.5 Å². The zero-order valence-electron chi connectivity index (χ0n) is 21.4. The van der Waals surface area contributed by atoms with Crippen LogP contribution in [0.3, 0.4) is 0 Å². The number of carbonyl (C=O) groups excluding carboxylic acids is 1. The number of methoxy groups -OCH3 is 2. The van der Waals surface area contributed by atoms with E-state index in [0.29, 0.717) is 19.6 Å². The number of amides is 1. The number of fused-ring (bicyclic) bond motifs is 1. The van der Waals surface area contributed by atoms with Crippen LogP contribution < -0.4 is 20.4 Å². The highest BCUT2D eigenvalue weighted by atomic mass is 16.6. The third kappa shape index (κ3) is 5.47. The Morgan fingerprint density at radius 1 is 1.23 bits per heavy atom. The molecule has 10 heteroatoms. The number of aromatic nitrogens is 3. The van der Waals surface area contributed by atoms with Crippen LogP contribution in [0.1, 0.15) is 45.2 Å². The fraction of sp³-hybridized carbons (Fsp3) is 0.480. The zero-order chi connectivity index (χ0) is 25.2. The van der Waals surface area contributed by atoms with Crippen LogP contribution in [0, 0.1) is 0 Å². The molecule has 4 rings (SSSR count). The third-order valence-corrected chi connectivity index (χ3v) is 6.13. The molecule has 1 saturated heterocycles. The van der Waals surface area contributed by atoms with Crippen LogP contribution in [-0.2, 0) is 11.3 Å². The molecular weight excluding hydrogens is 445 g/mol. The largest absolute Gasteiger partial charge is 0.497 e. The van der Waals surface area contributed by atoms with E-state index in [9.17, 15) is 4.79 Å². The first-order valence-electron chi connectivity index (χ1n) is 12.0. The molecular formula is C25H34BN5O4. The first-order chi connectivity index (χ1) is 16.7. The van der Waals surface area contributed by atoms with Crippen molar-refractivity contribution in [2.75, 3.05) is 32.6 Å². The molecule has 3 heterocycles. The highest BCUT2D eigenvalue weighted by Crippen LogP contribution is 2.29. The Kier molecular flexibility index (Phi) is 7.09. The van der Waals surface area contributed by atoms with Gasteiger partial charge in [0, 0.05) is 43.1 Å². The number of benzene rings is 1. The molecule has 0 spiro atoms. The summed E-state index contributed by atoms with van der Waals surface area (Å²) in [5.74, 6) is 2.26. The molecule has 1 unspecified atom stereocenters. The van der Waals surface area contributed by atoms with E-state index in [1.165, 1.54) is 0 Å². The summed E-state index contributed by atoms with van der Waals surface area (Å²) in [6, 6.07) is 7.82. The molecule has 186 valence electrons. The normalized spacial score (nSPS) is 16.3. The van der Waals surface area contributed by atoms with E-state index in [1.54, 1.807) is 25.3 Å². The number of rotatable bonds is 6. The maximum atomic E-state index is 12.7. The van der Waals surface area contributed by atoms with Gasteiger partial charge in [-0.05, 0) is 51.8 Å². The summed E-state index contributed by atoms with van der Waals surface area (Å²) in [5.41, 5.74) is 2.37. The Balaban J connectivity index is 1.56. The van der Waals surface area contributed by atoms with E-state index in [1.807, 2.05) is 57.6 Å². The lowest BCUT2D eigenvalue weighted by Gasteiger charge is -2.34. The van der Waals surface area contributed by atoms with Crippen molar-refractivity contribution in [2.24, 2.45) is 0 Å². The second-order valence-electron chi connectivity index (χ2n) is 9.84. The lowest BCUT2D eigenvalue weighted by atomic mass is 10.0. The van der Waals surface area contributed by atoms with E-state index in [0.717, 1.165) is 52.2 Å². The number of hydrogen-bond donors (Lipinski definition) is 1. The SMILES string of the molecule is Bc1nn(C2CCCN(C(=O)OC(C)(C)C)C2)c2ccnc(NCc3ccc(OC)cc3OC)c12. The minimum atomic E-state index is -0.516. The van der Waals surface area contributed by atoms with Gasteiger partial charge in [-0.25, -0.2) is 9.78 Å². The fourth-order valence-electron chi connectivity index (χ4n) is 4.50. The van der Waals surface area contributed by atoms with E-state index < -0.39 is 5.60 Å². The maximum absolute atomic E-state index is 12.7. The maximum Gasteiger partial charge on any atom is 0.410 e. The molecule has 9 nitrogen and oxygen atoms in total. The summed E-state index contributed by atoms with van der Waals surface area (Å²) < 4.78 is 18.5. The van der Waals surface area contributed by atoms with Gasteiger partial charge in [-0.2, -0.15) is 5.10 Å². The molecule has 1 aliphatic rings. The number of nitrogens with one attached hydrogen (secondary N) is 1. The van der Waals surface area contributed by atoms with Gasteiger partial charge in [-0.3, -0.25) is 4.68 Å². The molecule has 3 aromatic rings. The summed E-state index contributed by atoms with van der Waals surface area (Å²) in [6.07, 6.45) is 3.37. The van der Waals surface area contributed by atoms with Crippen molar-refractivity contribution in [2.45, 2.75) is 51.8 Å². The van der Waals surface area contributed by atoms with Gasteiger partial charge in [0.25, 0.3) is 0 Å². The summed E-state index contributed by atoms with van der Waals surface area (Å²) in [4.78, 5) is 19.1. The number of carbonyl (C=O) groups is 1. The molecule has 1 aliphatic heterocycles. The number of pyridine rings is 1. The summed E-state index contributed by atoms with van der Waals surface area (Å²) in [7, 11) is 5.28. The first kappa shape index (κ1) is 24.7. The quantitative estimate of drug-likeness (QED) is 0.544. The molecule has 1 atom stereocenters. The van der Waals surface area contributed by atoms with Gasteiger partial charge in [0.05, 0.1) is 31.2 Å². The number of nitrogens with zero attached hydrogens (tertiary/aromatic N) is 4. The van der Waals surface area contributed by atoms with Crippen LogP contribution in [-0.4, -0.2) is 66.5 Å². The lowest BCUT2D eigenvalue weighted by Crippen LogP contribution is -2.43. The molecule has 1 N–H and O–H groups in total. The molecule has 0 radical (unpaired) electrons. The van der Waals surface area contributed by atoms with Crippen molar-refractivity contribution in [3.63, 3.8) is 0 Å². The van der Waals surface area contributed by atoms with Gasteiger partial charge in [0.1, 0.15) is 22.9 Å². The Morgan fingerprint density at radius 3 is 2.74 bits per heavy atom. The number of likely N-dealkylation sites (tertiary alicyclic amines) is 1. The Hall–Kier alpha value is -3.43. The van der Waals surface area contributed by atoms with Crippen LogP contribution in [0.5, 0.6) is 11.5 Å². The monoisotopic (exact) mass is 479 g/mol. The van der Waals surface area contributed by atoms with Gasteiger partial charge < -0.3 is 24.4 Å². The van der Waals surface area contributed by atoms with E-state index in [-0.39, 0.29) is 12.1 Å². The Morgan fingerprint density at radius 2 is 2.03 bits per heavy atom. The lowest BCUT2D eigenvalue weighted by molar-refractivity contribution is 0.0169. The van der Waals surface area contributed by atoms with Gasteiger partial charge in [0.2, 0.25) is 0 Å². The molecule has 0 aliphatic carbocycles. The van der Waals surface area contributed by atoms with E-state index in [2.05, 4.69) is 10.3 Å². The minimum absolute atomic E-state index is 0.0735. The number of piperidine rings is 1. The Labute approximate surface area is 207 Å². The summed E-state index contributed by atoms with van der Waals surface area (Å²) in [6.45, 7) is 7.47. The van der Waals surface area contributed by atoms with Crippen LogP contribution in [0.25, 0.3) is 10.9 Å². The highest BCUT2D eigenvalue weighted by molar-refractivity contribution is 6.38. The van der Waals surface area contributed by atoms with Crippen LogP contribution in [0.4, 0.5) is 10.6 Å². The standard InChI is InChI=1S/C25H34BN5O4/c1-25(2,3)35-24(32)30-12-6-7-17(15-30)31-19-10-11-27-23(21(19)22(26)29-31)28-14-16-8-9-18(33-4)13-20(16)34-5/h8-11,13,17H,6-7,12,14-15,26H2,1-5H3,(H,27,28). The number of ether oxygens (including phenoxy) is 3. The number of anilines is 1. The topological polar surface area (TPSA) is 90.7 Å². The van der Waals surface area contributed by atoms with Crippen molar-refractivity contribution in [3.8, 4) is 11.5 Å². The van der Waals surface area contributed by atoms with E-state index >= 15 is 0 Å². The van der Waals surface area contributed by atoms with Gasteiger partial charge >= 0.3 is 6.09 Å². The second-order valence-corrected chi connectivity index (χ2v) is 9.84. The molecule has 1 fully saturated rings. The first-order valence-corrected chi connectivity index (χ1v) is 12.0. The minimum Gasteiger partial charge on any atom is -0.497 e. The average molecular weight is 479 g/mol. The van der Waals surface area contributed by atoms with Gasteiger partial charge in [-0.15, -0.1) is 0 Å². The van der Waals surface area contributed by atoms with Crippen molar-refractivity contribution >= 4 is 36.3 Å². The third-order valence-electron chi connectivity index (χ3n) is 6.13.